The van der Waals surface area contributed by atoms with Gasteiger partial charge in [-0.1, -0.05) is 64.7 Å². The summed E-state index contributed by atoms with van der Waals surface area (Å²) in [6.45, 7) is 11.9. The van der Waals surface area contributed by atoms with Crippen molar-refractivity contribution in [2.45, 2.75) is 90.5 Å². The number of piperazine rings is 1. The van der Waals surface area contributed by atoms with Gasteiger partial charge in [0, 0.05) is 25.2 Å². The van der Waals surface area contributed by atoms with Gasteiger partial charge in [-0.3, -0.25) is 4.90 Å². The molecule has 1 saturated heterocycles. The highest BCUT2D eigenvalue weighted by Crippen LogP contribution is 2.17. The van der Waals surface area contributed by atoms with Crippen molar-refractivity contribution in [2.75, 3.05) is 26.2 Å². The highest BCUT2D eigenvalue weighted by atomic mass is 15.2. The summed E-state index contributed by atoms with van der Waals surface area (Å²) in [4.78, 5) is 2.67. The molecule has 0 unspecified atom stereocenters. The summed E-state index contributed by atoms with van der Waals surface area (Å²) in [6, 6.07) is 0. The second-order valence-corrected chi connectivity index (χ2v) is 7.16. The molecule has 0 aromatic carbocycles. The van der Waals surface area contributed by atoms with E-state index in [0.29, 0.717) is 5.54 Å². The maximum absolute atomic E-state index is 3.50. The lowest BCUT2D eigenvalue weighted by Crippen LogP contribution is -2.57. The van der Waals surface area contributed by atoms with Crippen molar-refractivity contribution in [3.63, 3.8) is 0 Å². The van der Waals surface area contributed by atoms with Crippen molar-refractivity contribution in [1.29, 1.82) is 0 Å². The summed E-state index contributed by atoms with van der Waals surface area (Å²) in [6.07, 6.45) is 14.3. The van der Waals surface area contributed by atoms with Gasteiger partial charge < -0.3 is 5.32 Å². The molecule has 0 saturated carbocycles. The maximum Gasteiger partial charge on any atom is 0.0278 e. The molecule has 0 radical (unpaired) electrons. The molecule has 1 fully saturated rings. The van der Waals surface area contributed by atoms with Crippen LogP contribution in [0, 0.1) is 0 Å². The van der Waals surface area contributed by atoms with Crippen LogP contribution in [0.15, 0.2) is 0 Å². The van der Waals surface area contributed by atoms with Gasteiger partial charge in [0.15, 0.2) is 0 Å². The predicted octanol–water partition coefficient (Wildman–Crippen LogP) is 4.59. The molecule has 20 heavy (non-hydrogen) atoms. The van der Waals surface area contributed by atoms with Gasteiger partial charge in [-0.15, -0.1) is 0 Å². The van der Waals surface area contributed by atoms with E-state index in [1.54, 1.807) is 0 Å². The van der Waals surface area contributed by atoms with Crippen LogP contribution in [-0.2, 0) is 0 Å². The third kappa shape index (κ3) is 7.64. The van der Waals surface area contributed by atoms with Gasteiger partial charge in [0.05, 0.1) is 0 Å². The fraction of sp³-hybridized carbons (Fsp3) is 1.00. The van der Waals surface area contributed by atoms with Gasteiger partial charge in [0.25, 0.3) is 0 Å². The standard InChI is InChI=1S/C18H38N2/c1-4-5-6-7-8-9-10-11-12-13-15-20-16-14-19-17-18(20,2)3/h19H,4-17H2,1-3H3. The Morgan fingerprint density at radius 3 is 1.95 bits per heavy atom. The summed E-state index contributed by atoms with van der Waals surface area (Å²) in [5.74, 6) is 0. The van der Waals surface area contributed by atoms with E-state index in [0.717, 1.165) is 6.54 Å². The fourth-order valence-corrected chi connectivity index (χ4v) is 3.23. The van der Waals surface area contributed by atoms with Crippen molar-refractivity contribution in [3.8, 4) is 0 Å². The number of nitrogens with one attached hydrogen (secondary N) is 1. The Bertz CT molecular complexity index is 225. The molecule has 0 amide bonds. The summed E-state index contributed by atoms with van der Waals surface area (Å²) in [5, 5.41) is 3.50. The summed E-state index contributed by atoms with van der Waals surface area (Å²) in [5.41, 5.74) is 0.359. The van der Waals surface area contributed by atoms with Gasteiger partial charge in [0.2, 0.25) is 0 Å². The van der Waals surface area contributed by atoms with Crippen molar-refractivity contribution in [3.05, 3.63) is 0 Å². The third-order valence-corrected chi connectivity index (χ3v) is 4.75. The molecule has 0 bridgehead atoms. The minimum Gasteiger partial charge on any atom is -0.314 e. The van der Waals surface area contributed by atoms with E-state index in [9.17, 15) is 0 Å². The van der Waals surface area contributed by atoms with Crippen LogP contribution in [0.2, 0.25) is 0 Å². The molecule has 2 heteroatoms. The Morgan fingerprint density at radius 2 is 1.40 bits per heavy atom. The number of rotatable bonds is 11. The molecule has 120 valence electrons. The lowest BCUT2D eigenvalue weighted by atomic mass is 9.99. The van der Waals surface area contributed by atoms with Crippen molar-refractivity contribution < 1.29 is 0 Å². The van der Waals surface area contributed by atoms with Crippen LogP contribution in [0.25, 0.3) is 0 Å². The second-order valence-electron chi connectivity index (χ2n) is 7.16. The zero-order chi connectivity index (χ0) is 14.7. The van der Waals surface area contributed by atoms with Gasteiger partial charge in [-0.2, -0.15) is 0 Å². The first-order valence-electron chi connectivity index (χ1n) is 9.12. The third-order valence-electron chi connectivity index (χ3n) is 4.75. The molecular formula is C18H38N2. The zero-order valence-corrected chi connectivity index (χ0v) is 14.3. The van der Waals surface area contributed by atoms with Crippen LogP contribution in [0.3, 0.4) is 0 Å². The van der Waals surface area contributed by atoms with E-state index in [4.69, 9.17) is 0 Å². The molecule has 1 aliphatic heterocycles. The second kappa shape index (κ2) is 10.6. The lowest BCUT2D eigenvalue weighted by Gasteiger charge is -2.43. The molecular weight excluding hydrogens is 244 g/mol. The van der Waals surface area contributed by atoms with Crippen molar-refractivity contribution in [2.24, 2.45) is 0 Å². The number of hydrogen-bond donors (Lipinski definition) is 1. The zero-order valence-electron chi connectivity index (χ0n) is 14.3. The minimum absolute atomic E-state index is 0.359. The lowest BCUT2D eigenvalue weighted by molar-refractivity contribution is 0.0886. The highest BCUT2D eigenvalue weighted by Gasteiger charge is 2.28. The molecule has 1 N–H and O–H groups in total. The van der Waals surface area contributed by atoms with E-state index in [1.807, 2.05) is 0 Å². The van der Waals surface area contributed by atoms with Crippen LogP contribution in [0.1, 0.15) is 85.0 Å². The van der Waals surface area contributed by atoms with Gasteiger partial charge in [-0.25, -0.2) is 0 Å². The van der Waals surface area contributed by atoms with Crippen LogP contribution in [0.4, 0.5) is 0 Å². The average Bonchev–Trinajstić information content (AvgIpc) is 2.42. The molecule has 1 heterocycles. The number of nitrogens with zero attached hydrogens (tertiary/aromatic N) is 1. The first kappa shape index (κ1) is 18.0. The number of unbranched alkanes of at least 4 members (excludes halogenated alkanes) is 9. The molecule has 2 nitrogen and oxygen atoms in total. The first-order chi connectivity index (χ1) is 9.67. The molecule has 0 spiro atoms. The molecule has 1 rings (SSSR count). The van der Waals surface area contributed by atoms with E-state index in [1.165, 1.54) is 83.8 Å². The normalized spacial score (nSPS) is 19.4. The summed E-state index contributed by atoms with van der Waals surface area (Å²) in [7, 11) is 0. The van der Waals surface area contributed by atoms with Crippen molar-refractivity contribution >= 4 is 0 Å². The van der Waals surface area contributed by atoms with Gasteiger partial charge in [0.1, 0.15) is 0 Å². The molecule has 0 aromatic rings. The minimum atomic E-state index is 0.359. The highest BCUT2D eigenvalue weighted by molar-refractivity contribution is 4.87. The van der Waals surface area contributed by atoms with Crippen LogP contribution in [0.5, 0.6) is 0 Å². The van der Waals surface area contributed by atoms with Crippen LogP contribution in [-0.4, -0.2) is 36.6 Å². The molecule has 1 aliphatic rings. The van der Waals surface area contributed by atoms with Gasteiger partial charge in [-0.05, 0) is 26.8 Å². The number of hydrogen-bond acceptors (Lipinski definition) is 2. The average molecular weight is 283 g/mol. The Kier molecular flexibility index (Phi) is 9.54. The van der Waals surface area contributed by atoms with E-state index >= 15 is 0 Å². The summed E-state index contributed by atoms with van der Waals surface area (Å²) < 4.78 is 0. The smallest absolute Gasteiger partial charge is 0.0278 e. The van der Waals surface area contributed by atoms with Crippen LogP contribution < -0.4 is 5.32 Å². The Morgan fingerprint density at radius 1 is 0.850 bits per heavy atom. The van der Waals surface area contributed by atoms with Crippen LogP contribution >= 0.6 is 0 Å². The Hall–Kier alpha value is -0.0800. The van der Waals surface area contributed by atoms with E-state index in [-0.39, 0.29) is 0 Å². The Labute approximate surface area is 127 Å². The maximum atomic E-state index is 3.50. The molecule has 0 aromatic heterocycles. The van der Waals surface area contributed by atoms with Crippen molar-refractivity contribution in [1.82, 2.24) is 10.2 Å². The molecule has 0 atom stereocenters. The van der Waals surface area contributed by atoms with E-state index in [2.05, 4.69) is 31.0 Å². The first-order valence-corrected chi connectivity index (χ1v) is 9.12. The summed E-state index contributed by atoms with van der Waals surface area (Å²) >= 11 is 0. The van der Waals surface area contributed by atoms with E-state index < -0.39 is 0 Å². The fourth-order valence-electron chi connectivity index (χ4n) is 3.23. The quantitative estimate of drug-likeness (QED) is 0.558. The monoisotopic (exact) mass is 282 g/mol. The largest absolute Gasteiger partial charge is 0.314 e. The molecule has 0 aliphatic carbocycles. The topological polar surface area (TPSA) is 15.3 Å². The predicted molar refractivity (Wildman–Crippen MR) is 90.4 cm³/mol. The SMILES string of the molecule is CCCCCCCCCCCCN1CCNCC1(C)C. The Balaban J connectivity index is 1.89. The van der Waals surface area contributed by atoms with Gasteiger partial charge >= 0.3 is 0 Å².